The van der Waals surface area contributed by atoms with E-state index in [0.29, 0.717) is 13.2 Å². The highest BCUT2D eigenvalue weighted by Crippen LogP contribution is 2.24. The summed E-state index contributed by atoms with van der Waals surface area (Å²) < 4.78 is 5.72. The minimum Gasteiger partial charge on any atom is -0.480 e. The molecule has 1 amide bonds. The molecule has 33 heavy (non-hydrogen) atoms. The second-order valence-corrected chi connectivity index (χ2v) is 8.05. The van der Waals surface area contributed by atoms with Crippen molar-refractivity contribution < 1.29 is 19.4 Å². The van der Waals surface area contributed by atoms with Gasteiger partial charge in [0.15, 0.2) is 0 Å². The van der Waals surface area contributed by atoms with Crippen LogP contribution in [0.3, 0.4) is 0 Å². The summed E-state index contributed by atoms with van der Waals surface area (Å²) in [5.74, 6) is -1.02. The Morgan fingerprint density at radius 3 is 2.24 bits per heavy atom. The van der Waals surface area contributed by atoms with Gasteiger partial charge in [-0.1, -0.05) is 59.6 Å². The lowest BCUT2D eigenvalue weighted by atomic mass is 10.0. The number of hydrogen-bond acceptors (Lipinski definition) is 5. The smallest absolute Gasteiger partial charge is 0.326 e. The van der Waals surface area contributed by atoms with Crippen LogP contribution in [-0.2, 0) is 29.2 Å². The summed E-state index contributed by atoms with van der Waals surface area (Å²) >= 11 is 12.1. The Balaban J connectivity index is 1.57. The molecular weight excluding hydrogens is 465 g/mol. The fourth-order valence-corrected chi connectivity index (χ4v) is 3.69. The molecule has 3 N–H and O–H groups in total. The van der Waals surface area contributed by atoms with Crippen LogP contribution in [-0.4, -0.2) is 35.1 Å². The van der Waals surface area contributed by atoms with Crippen LogP contribution < -0.4 is 10.6 Å². The lowest BCUT2D eigenvalue weighted by Gasteiger charge is -2.16. The van der Waals surface area contributed by atoms with E-state index >= 15 is 0 Å². The number of halogens is 2. The first-order valence-corrected chi connectivity index (χ1v) is 10.9. The summed E-state index contributed by atoms with van der Waals surface area (Å²) in [5.41, 5.74) is 2.55. The summed E-state index contributed by atoms with van der Waals surface area (Å²) in [6, 6.07) is 16.5. The van der Waals surface area contributed by atoms with Crippen molar-refractivity contribution in [3.63, 3.8) is 0 Å². The number of rotatable bonds is 10. The van der Waals surface area contributed by atoms with Crippen LogP contribution in [0.1, 0.15) is 27.2 Å². The number of ether oxygens (including phenoxy) is 1. The van der Waals surface area contributed by atoms with Gasteiger partial charge in [0.1, 0.15) is 11.9 Å². The maximum absolute atomic E-state index is 12.6. The number of aromatic nitrogens is 1. The second-order valence-electron chi connectivity index (χ2n) is 7.24. The van der Waals surface area contributed by atoms with E-state index in [2.05, 4.69) is 15.6 Å². The van der Waals surface area contributed by atoms with Gasteiger partial charge in [-0.25, -0.2) is 9.78 Å². The zero-order chi connectivity index (χ0) is 23.8. The third-order valence-corrected chi connectivity index (χ3v) is 5.47. The van der Waals surface area contributed by atoms with Gasteiger partial charge in [0, 0.05) is 13.5 Å². The van der Waals surface area contributed by atoms with Crippen molar-refractivity contribution in [1.82, 2.24) is 10.3 Å². The van der Waals surface area contributed by atoms with Gasteiger partial charge in [-0.05, 0) is 35.4 Å². The number of hydrogen-bond donors (Lipinski definition) is 3. The molecule has 0 aliphatic carbocycles. The average Bonchev–Trinajstić information content (AvgIpc) is 2.79. The Morgan fingerprint density at radius 1 is 0.970 bits per heavy atom. The van der Waals surface area contributed by atoms with Gasteiger partial charge in [0.2, 0.25) is 0 Å². The Bertz CT molecular complexity index is 1100. The molecule has 0 aliphatic rings. The summed E-state index contributed by atoms with van der Waals surface area (Å²) in [5, 5.41) is 15.4. The fourth-order valence-electron chi connectivity index (χ4n) is 3.13. The number of carboxylic acid groups (broad SMARTS) is 1. The van der Waals surface area contributed by atoms with Crippen LogP contribution in [0.25, 0.3) is 0 Å². The van der Waals surface area contributed by atoms with Crippen molar-refractivity contribution in [1.29, 1.82) is 0 Å². The van der Waals surface area contributed by atoms with E-state index in [1.54, 1.807) is 13.1 Å². The molecule has 172 valence electrons. The van der Waals surface area contributed by atoms with Crippen molar-refractivity contribution in [2.24, 2.45) is 0 Å². The van der Waals surface area contributed by atoms with E-state index in [9.17, 15) is 14.7 Å². The van der Waals surface area contributed by atoms with E-state index in [4.69, 9.17) is 27.9 Å². The fraction of sp³-hybridized carbons (Fsp3) is 0.208. The second kappa shape index (κ2) is 11.7. The number of anilines is 1. The predicted octanol–water partition coefficient (Wildman–Crippen LogP) is 4.57. The average molecular weight is 488 g/mol. The standard InChI is InChI=1S/C24H23Cl2N3O4/c1-27-21-7-2-4-17(28-21)14-33-13-16-10-8-15(9-11-16)12-20(24(31)32)29-23(30)22-18(25)5-3-6-19(22)26/h2-11,20H,12-14H2,1H3,(H,27,28)(H,29,30)(H,31,32)/t20-/m0/s1. The largest absolute Gasteiger partial charge is 0.480 e. The molecule has 2 aromatic carbocycles. The van der Waals surface area contributed by atoms with Crippen molar-refractivity contribution in [2.75, 3.05) is 12.4 Å². The number of amides is 1. The number of pyridine rings is 1. The van der Waals surface area contributed by atoms with E-state index in [0.717, 1.165) is 22.6 Å². The molecule has 0 bridgehead atoms. The highest BCUT2D eigenvalue weighted by Gasteiger charge is 2.23. The molecule has 7 nitrogen and oxygen atoms in total. The Labute approximate surface area is 201 Å². The van der Waals surface area contributed by atoms with Crippen LogP contribution in [0.5, 0.6) is 0 Å². The number of nitrogens with zero attached hydrogens (tertiary/aromatic N) is 1. The molecule has 0 aliphatic heterocycles. The number of aliphatic carboxylic acids is 1. The molecule has 0 unspecified atom stereocenters. The lowest BCUT2D eigenvalue weighted by molar-refractivity contribution is -0.139. The SMILES string of the molecule is CNc1cccc(COCc2ccc(C[C@H](NC(=O)c3c(Cl)cccc3Cl)C(=O)O)cc2)n1. The molecule has 1 heterocycles. The van der Waals surface area contributed by atoms with Crippen molar-refractivity contribution in [3.8, 4) is 0 Å². The Hall–Kier alpha value is -3.13. The third-order valence-electron chi connectivity index (χ3n) is 4.84. The zero-order valence-electron chi connectivity index (χ0n) is 17.8. The Kier molecular flexibility index (Phi) is 8.65. The van der Waals surface area contributed by atoms with Gasteiger partial charge in [0.05, 0.1) is 34.5 Å². The maximum Gasteiger partial charge on any atom is 0.326 e. The summed E-state index contributed by atoms with van der Waals surface area (Å²) in [6.07, 6.45) is 0.102. The highest BCUT2D eigenvalue weighted by atomic mass is 35.5. The third kappa shape index (κ3) is 6.92. The summed E-state index contributed by atoms with van der Waals surface area (Å²) in [4.78, 5) is 28.7. The summed E-state index contributed by atoms with van der Waals surface area (Å²) in [6.45, 7) is 0.755. The minimum atomic E-state index is -1.16. The highest BCUT2D eigenvalue weighted by molar-refractivity contribution is 6.39. The van der Waals surface area contributed by atoms with Crippen molar-refractivity contribution >= 4 is 40.9 Å². The first-order chi connectivity index (χ1) is 15.9. The molecule has 0 radical (unpaired) electrons. The molecule has 1 aromatic heterocycles. The van der Waals surface area contributed by atoms with Crippen molar-refractivity contribution in [3.05, 3.63) is 93.1 Å². The molecule has 9 heteroatoms. The van der Waals surface area contributed by atoms with Gasteiger partial charge in [-0.3, -0.25) is 4.79 Å². The minimum absolute atomic E-state index is 0.0503. The van der Waals surface area contributed by atoms with Crippen LogP contribution in [0.4, 0.5) is 5.82 Å². The number of carbonyl (C=O) groups is 2. The van der Waals surface area contributed by atoms with E-state index in [1.165, 1.54) is 12.1 Å². The molecular formula is C24H23Cl2N3O4. The van der Waals surface area contributed by atoms with Crippen LogP contribution in [0, 0.1) is 0 Å². The molecule has 3 rings (SSSR count). The molecule has 3 aromatic rings. The molecule has 0 saturated heterocycles. The normalized spacial score (nSPS) is 11.6. The van der Waals surface area contributed by atoms with E-state index in [-0.39, 0.29) is 22.0 Å². The lowest BCUT2D eigenvalue weighted by Crippen LogP contribution is -2.42. The predicted molar refractivity (Wildman–Crippen MR) is 128 cm³/mol. The van der Waals surface area contributed by atoms with Crippen LogP contribution >= 0.6 is 23.2 Å². The maximum atomic E-state index is 12.6. The quantitative estimate of drug-likeness (QED) is 0.387. The van der Waals surface area contributed by atoms with E-state index < -0.39 is 17.9 Å². The van der Waals surface area contributed by atoms with Gasteiger partial charge in [-0.2, -0.15) is 0 Å². The first-order valence-electron chi connectivity index (χ1n) is 10.1. The summed E-state index contributed by atoms with van der Waals surface area (Å²) in [7, 11) is 1.81. The number of carboxylic acids is 1. The topological polar surface area (TPSA) is 101 Å². The monoisotopic (exact) mass is 487 g/mol. The van der Waals surface area contributed by atoms with Crippen LogP contribution in [0.2, 0.25) is 10.0 Å². The van der Waals surface area contributed by atoms with E-state index in [1.807, 2.05) is 42.5 Å². The van der Waals surface area contributed by atoms with Gasteiger partial charge in [0.25, 0.3) is 5.91 Å². The van der Waals surface area contributed by atoms with Crippen LogP contribution in [0.15, 0.2) is 60.7 Å². The zero-order valence-corrected chi connectivity index (χ0v) is 19.4. The van der Waals surface area contributed by atoms with Gasteiger partial charge in [-0.15, -0.1) is 0 Å². The first kappa shape index (κ1) is 24.5. The molecule has 0 fully saturated rings. The molecule has 0 spiro atoms. The Morgan fingerprint density at radius 2 is 1.61 bits per heavy atom. The van der Waals surface area contributed by atoms with Crippen molar-refractivity contribution in [2.45, 2.75) is 25.7 Å². The number of benzene rings is 2. The number of nitrogens with one attached hydrogen (secondary N) is 2. The number of carbonyl (C=O) groups excluding carboxylic acids is 1. The molecule has 1 atom stereocenters. The van der Waals surface area contributed by atoms with Gasteiger partial charge >= 0.3 is 5.97 Å². The molecule has 0 saturated carbocycles. The van der Waals surface area contributed by atoms with Gasteiger partial charge < -0.3 is 20.5 Å².